The summed E-state index contributed by atoms with van der Waals surface area (Å²) in [6, 6.07) is 30.0. The van der Waals surface area contributed by atoms with E-state index >= 15 is 0 Å². The first-order valence-electron chi connectivity index (χ1n) is 8.41. The zero-order valence-electron chi connectivity index (χ0n) is 14.6. The SMILES string of the molecule is CC(=O)OCP(C=O)(c1ccccc1)(c1ccccc1)c1ccccc1. The molecule has 0 N–H and O–H groups in total. The van der Waals surface area contributed by atoms with Crippen molar-refractivity contribution in [2.75, 3.05) is 6.35 Å². The van der Waals surface area contributed by atoms with E-state index in [2.05, 4.69) is 0 Å². The Morgan fingerprint density at radius 2 is 1.12 bits per heavy atom. The van der Waals surface area contributed by atoms with Crippen LogP contribution in [0.4, 0.5) is 0 Å². The second kappa shape index (κ2) is 7.23. The molecule has 0 atom stereocenters. The molecule has 3 nitrogen and oxygen atoms in total. The molecule has 0 saturated heterocycles. The van der Waals surface area contributed by atoms with Gasteiger partial charge in [0.2, 0.25) is 0 Å². The van der Waals surface area contributed by atoms with Gasteiger partial charge in [0.1, 0.15) is 0 Å². The molecule has 3 aromatic rings. The summed E-state index contributed by atoms with van der Waals surface area (Å²) in [5.74, 6) is -0.399. The Bertz CT molecular complexity index is 793. The van der Waals surface area contributed by atoms with Crippen molar-refractivity contribution in [2.24, 2.45) is 0 Å². The van der Waals surface area contributed by atoms with Gasteiger partial charge in [0.15, 0.2) is 0 Å². The molecule has 0 bridgehead atoms. The summed E-state index contributed by atoms with van der Waals surface area (Å²) >= 11 is 0. The van der Waals surface area contributed by atoms with E-state index in [1.807, 2.05) is 91.0 Å². The Hall–Kier alpha value is -2.77. The Labute approximate surface area is 153 Å². The van der Waals surface area contributed by atoms with Crippen LogP contribution in [-0.4, -0.2) is 18.3 Å². The molecule has 0 saturated carbocycles. The van der Waals surface area contributed by atoms with Crippen molar-refractivity contribution < 1.29 is 14.3 Å². The van der Waals surface area contributed by atoms with Crippen LogP contribution in [0, 0.1) is 0 Å². The molecule has 0 aliphatic rings. The van der Waals surface area contributed by atoms with Crippen LogP contribution in [0.5, 0.6) is 0 Å². The molecule has 3 aromatic carbocycles. The summed E-state index contributed by atoms with van der Waals surface area (Å²) < 4.78 is 5.55. The average molecular weight is 364 g/mol. The molecule has 0 radical (unpaired) electrons. The Kier molecular flexibility index (Phi) is 5.01. The number of carbonyl (C=O) groups is 2. The van der Waals surface area contributed by atoms with Crippen molar-refractivity contribution in [1.29, 1.82) is 0 Å². The number of ether oxygens (including phenoxy) is 1. The number of rotatable bonds is 6. The topological polar surface area (TPSA) is 43.4 Å². The third-order valence-electron chi connectivity index (χ3n) is 4.81. The molecule has 3 rings (SSSR count). The van der Waals surface area contributed by atoms with Crippen molar-refractivity contribution in [1.82, 2.24) is 0 Å². The van der Waals surface area contributed by atoms with Gasteiger partial charge in [-0.05, 0) is 0 Å². The summed E-state index contributed by atoms with van der Waals surface area (Å²) in [5.41, 5.74) is 0. The molecule has 4 heteroatoms. The fourth-order valence-corrected chi connectivity index (χ4v) is 8.19. The van der Waals surface area contributed by atoms with Crippen LogP contribution >= 0.6 is 6.60 Å². The number of hydrogen-bond donors (Lipinski definition) is 0. The van der Waals surface area contributed by atoms with Gasteiger partial charge in [-0.1, -0.05) is 0 Å². The average Bonchev–Trinajstić information content (AvgIpc) is 2.72. The van der Waals surface area contributed by atoms with Crippen LogP contribution in [0.1, 0.15) is 6.92 Å². The molecule has 26 heavy (non-hydrogen) atoms. The van der Waals surface area contributed by atoms with Gasteiger partial charge in [0.05, 0.1) is 0 Å². The normalized spacial score (nSPS) is 12.6. The zero-order valence-corrected chi connectivity index (χ0v) is 15.5. The summed E-state index contributed by atoms with van der Waals surface area (Å²) in [5, 5.41) is 2.64. The first-order chi connectivity index (χ1) is 12.6. The first kappa shape index (κ1) is 18.0. The molecule has 0 aliphatic heterocycles. The van der Waals surface area contributed by atoms with Gasteiger partial charge in [0, 0.05) is 0 Å². The molecule has 0 aliphatic carbocycles. The Morgan fingerprint density at radius 1 is 0.769 bits per heavy atom. The third-order valence-corrected chi connectivity index (χ3v) is 10.4. The molecule has 132 valence electrons. The monoisotopic (exact) mass is 364 g/mol. The van der Waals surface area contributed by atoms with Crippen LogP contribution in [-0.2, 0) is 14.3 Å². The van der Waals surface area contributed by atoms with Crippen LogP contribution < -0.4 is 15.9 Å². The summed E-state index contributed by atoms with van der Waals surface area (Å²) in [7, 11) is 0. The molecule has 0 unspecified atom stereocenters. The van der Waals surface area contributed by atoms with E-state index in [4.69, 9.17) is 4.74 Å². The van der Waals surface area contributed by atoms with Crippen LogP contribution in [0.3, 0.4) is 0 Å². The van der Waals surface area contributed by atoms with Crippen molar-refractivity contribution in [3.05, 3.63) is 91.0 Å². The molecule has 0 fully saturated rings. The van der Waals surface area contributed by atoms with Crippen LogP contribution in [0.2, 0.25) is 0 Å². The molecular weight excluding hydrogens is 343 g/mol. The van der Waals surface area contributed by atoms with Gasteiger partial charge >= 0.3 is 153 Å². The van der Waals surface area contributed by atoms with E-state index in [1.54, 1.807) is 0 Å². The zero-order chi connectivity index (χ0) is 18.5. The summed E-state index contributed by atoms with van der Waals surface area (Å²) in [6.07, 6.45) is 0.0163. The van der Waals surface area contributed by atoms with Gasteiger partial charge in [-0.3, -0.25) is 0 Å². The quantitative estimate of drug-likeness (QED) is 0.383. The minimum atomic E-state index is -3.65. The maximum absolute atomic E-state index is 13.0. The third kappa shape index (κ3) is 2.75. The summed E-state index contributed by atoms with van der Waals surface area (Å²) in [6.45, 7) is -2.27. The second-order valence-corrected chi connectivity index (χ2v) is 11.0. The van der Waals surface area contributed by atoms with Crippen molar-refractivity contribution in [2.45, 2.75) is 6.92 Å². The van der Waals surface area contributed by atoms with Crippen molar-refractivity contribution in [3.63, 3.8) is 0 Å². The summed E-state index contributed by atoms with van der Waals surface area (Å²) in [4.78, 5) is 24.8. The number of esters is 1. The molecule has 0 spiro atoms. The second-order valence-electron chi connectivity index (χ2n) is 6.26. The molecular formula is C22H21O3P. The Balaban J connectivity index is 2.46. The number of hydrogen-bond acceptors (Lipinski definition) is 3. The van der Waals surface area contributed by atoms with E-state index in [1.165, 1.54) is 6.92 Å². The number of carbonyl (C=O) groups excluding carboxylic acids is 2. The van der Waals surface area contributed by atoms with Gasteiger partial charge < -0.3 is 0 Å². The maximum atomic E-state index is 13.0. The first-order valence-corrected chi connectivity index (χ1v) is 10.9. The number of benzene rings is 3. The fraction of sp³-hybridized carbons (Fsp3) is 0.0909. The van der Waals surface area contributed by atoms with Crippen molar-refractivity contribution >= 4 is 34.5 Å². The van der Waals surface area contributed by atoms with E-state index in [9.17, 15) is 9.59 Å². The van der Waals surface area contributed by atoms with Crippen LogP contribution in [0.15, 0.2) is 91.0 Å². The Morgan fingerprint density at radius 3 is 1.38 bits per heavy atom. The minimum absolute atomic E-state index is 0.0163. The van der Waals surface area contributed by atoms with E-state index in [0.29, 0.717) is 0 Å². The van der Waals surface area contributed by atoms with Gasteiger partial charge in [0.25, 0.3) is 0 Å². The predicted molar refractivity (Wildman–Crippen MR) is 109 cm³/mol. The van der Waals surface area contributed by atoms with Gasteiger partial charge in [-0.25, -0.2) is 0 Å². The van der Waals surface area contributed by atoms with Gasteiger partial charge in [-0.15, -0.1) is 0 Å². The van der Waals surface area contributed by atoms with E-state index in [-0.39, 0.29) is 6.35 Å². The fourth-order valence-electron chi connectivity index (χ4n) is 3.41. The van der Waals surface area contributed by atoms with E-state index < -0.39 is 12.6 Å². The standard InChI is InChI=1S/C22H21O3P/c1-19(24)25-18-26(17-23,20-11-5-2-6-12-20,21-13-7-3-8-14-21)22-15-9-4-10-16-22/h2-17H,18H2,1H3. The van der Waals surface area contributed by atoms with Gasteiger partial charge in [-0.2, -0.15) is 0 Å². The molecule has 0 aromatic heterocycles. The predicted octanol–water partition coefficient (Wildman–Crippen LogP) is 3.23. The molecule has 0 heterocycles. The molecule has 0 amide bonds. The van der Waals surface area contributed by atoms with E-state index in [0.717, 1.165) is 21.9 Å². The van der Waals surface area contributed by atoms with Crippen LogP contribution in [0.25, 0.3) is 0 Å². The van der Waals surface area contributed by atoms with Crippen molar-refractivity contribution in [3.8, 4) is 0 Å².